The number of halogens is 1. The van der Waals surface area contributed by atoms with Gasteiger partial charge < -0.3 is 5.32 Å². The number of sulfonamides is 1. The van der Waals surface area contributed by atoms with Crippen molar-refractivity contribution < 1.29 is 8.42 Å². The van der Waals surface area contributed by atoms with Crippen LogP contribution in [-0.2, 0) is 16.6 Å². The zero-order valence-electron chi connectivity index (χ0n) is 10.9. The lowest BCUT2D eigenvalue weighted by atomic mass is 10.2. The third-order valence-electron chi connectivity index (χ3n) is 2.73. The van der Waals surface area contributed by atoms with Crippen LogP contribution in [0.1, 0.15) is 12.5 Å². The molecule has 18 heavy (non-hydrogen) atoms. The Hall–Kier alpha value is -0.430. The Morgan fingerprint density at radius 3 is 2.67 bits per heavy atom. The van der Waals surface area contributed by atoms with Crippen LogP contribution < -0.4 is 5.32 Å². The van der Waals surface area contributed by atoms with Crippen LogP contribution in [0.2, 0.25) is 0 Å². The van der Waals surface area contributed by atoms with Gasteiger partial charge in [0, 0.05) is 24.6 Å². The van der Waals surface area contributed by atoms with Gasteiger partial charge in [0.2, 0.25) is 10.0 Å². The van der Waals surface area contributed by atoms with Crippen molar-refractivity contribution in [1.29, 1.82) is 0 Å². The van der Waals surface area contributed by atoms with Crippen LogP contribution in [0, 0.1) is 0 Å². The largest absolute Gasteiger partial charge is 0.318 e. The molecule has 0 radical (unpaired) electrons. The molecule has 0 saturated heterocycles. The molecule has 0 aliphatic heterocycles. The number of nitrogens with one attached hydrogen (secondary N) is 1. The maximum atomic E-state index is 12.2. The molecule has 0 heterocycles. The summed E-state index contributed by atoms with van der Waals surface area (Å²) in [6, 6.07) is 7.66. The van der Waals surface area contributed by atoms with Crippen molar-refractivity contribution in [3.8, 4) is 0 Å². The molecular weight excluding hydrogens is 316 g/mol. The quantitative estimate of drug-likeness (QED) is 0.863. The Balaban J connectivity index is 2.79. The summed E-state index contributed by atoms with van der Waals surface area (Å²) in [7, 11) is 0.107. The second-order valence-electron chi connectivity index (χ2n) is 4.30. The molecule has 1 aromatic rings. The van der Waals surface area contributed by atoms with E-state index < -0.39 is 15.3 Å². The molecule has 0 aliphatic rings. The van der Waals surface area contributed by atoms with E-state index in [1.165, 1.54) is 4.31 Å². The van der Waals surface area contributed by atoms with E-state index in [0.29, 0.717) is 13.1 Å². The van der Waals surface area contributed by atoms with E-state index in [1.54, 1.807) is 21.0 Å². The van der Waals surface area contributed by atoms with E-state index in [4.69, 9.17) is 0 Å². The molecule has 102 valence electrons. The minimum Gasteiger partial charge on any atom is -0.318 e. The van der Waals surface area contributed by atoms with Crippen molar-refractivity contribution in [3.05, 3.63) is 34.3 Å². The van der Waals surface area contributed by atoms with E-state index in [0.717, 1.165) is 10.0 Å². The van der Waals surface area contributed by atoms with E-state index >= 15 is 0 Å². The molecule has 1 atom stereocenters. The maximum Gasteiger partial charge on any atom is 0.218 e. The van der Waals surface area contributed by atoms with Crippen LogP contribution in [0.25, 0.3) is 0 Å². The van der Waals surface area contributed by atoms with Crippen LogP contribution in [0.15, 0.2) is 28.7 Å². The predicted molar refractivity (Wildman–Crippen MR) is 77.9 cm³/mol. The van der Waals surface area contributed by atoms with Crippen molar-refractivity contribution in [2.24, 2.45) is 0 Å². The lowest BCUT2D eigenvalue weighted by Gasteiger charge is -2.22. The Morgan fingerprint density at radius 2 is 2.11 bits per heavy atom. The number of hydrogen-bond donors (Lipinski definition) is 1. The first-order chi connectivity index (χ1) is 8.37. The molecule has 0 amide bonds. The number of rotatable bonds is 6. The van der Waals surface area contributed by atoms with Crippen LogP contribution in [-0.4, -0.2) is 38.6 Å². The smallest absolute Gasteiger partial charge is 0.218 e. The van der Waals surface area contributed by atoms with Crippen molar-refractivity contribution >= 4 is 26.0 Å². The SMILES string of the molecule is CNCC(C)S(=O)(=O)N(C)Cc1cccc(Br)c1. The van der Waals surface area contributed by atoms with Gasteiger partial charge in [-0.1, -0.05) is 28.1 Å². The van der Waals surface area contributed by atoms with Gasteiger partial charge in [0.1, 0.15) is 0 Å². The Morgan fingerprint density at radius 1 is 1.44 bits per heavy atom. The lowest BCUT2D eigenvalue weighted by Crippen LogP contribution is -2.38. The van der Waals surface area contributed by atoms with Crippen LogP contribution in [0.5, 0.6) is 0 Å². The minimum absolute atomic E-state index is 0.385. The molecule has 1 unspecified atom stereocenters. The molecule has 0 spiro atoms. The topological polar surface area (TPSA) is 49.4 Å². The summed E-state index contributed by atoms with van der Waals surface area (Å²) in [6.07, 6.45) is 0. The maximum absolute atomic E-state index is 12.2. The Bertz CT molecular complexity index is 491. The highest BCUT2D eigenvalue weighted by Crippen LogP contribution is 2.15. The van der Waals surface area contributed by atoms with Gasteiger partial charge in [0.25, 0.3) is 0 Å². The minimum atomic E-state index is -3.26. The highest BCUT2D eigenvalue weighted by molar-refractivity contribution is 9.10. The lowest BCUT2D eigenvalue weighted by molar-refractivity contribution is 0.455. The second-order valence-corrected chi connectivity index (χ2v) is 7.67. The fourth-order valence-corrected chi connectivity index (χ4v) is 3.45. The average molecular weight is 335 g/mol. The first-order valence-electron chi connectivity index (χ1n) is 5.72. The van der Waals surface area contributed by atoms with E-state index in [-0.39, 0.29) is 0 Å². The van der Waals surface area contributed by atoms with Crippen LogP contribution in [0.4, 0.5) is 0 Å². The zero-order valence-corrected chi connectivity index (χ0v) is 13.3. The van der Waals surface area contributed by atoms with Gasteiger partial charge >= 0.3 is 0 Å². The summed E-state index contributed by atoms with van der Waals surface area (Å²) in [4.78, 5) is 0. The molecule has 6 heteroatoms. The van der Waals surface area contributed by atoms with Crippen molar-refractivity contribution in [3.63, 3.8) is 0 Å². The van der Waals surface area contributed by atoms with Gasteiger partial charge in [-0.2, -0.15) is 0 Å². The zero-order chi connectivity index (χ0) is 13.8. The molecule has 0 aromatic heterocycles. The molecule has 0 aliphatic carbocycles. The number of hydrogen-bond acceptors (Lipinski definition) is 3. The summed E-state index contributed by atoms with van der Waals surface area (Å²) < 4.78 is 26.7. The first kappa shape index (κ1) is 15.6. The summed E-state index contributed by atoms with van der Waals surface area (Å²) in [5.41, 5.74) is 0.965. The van der Waals surface area contributed by atoms with Crippen molar-refractivity contribution in [2.75, 3.05) is 20.6 Å². The van der Waals surface area contributed by atoms with Gasteiger partial charge in [-0.05, 0) is 31.7 Å². The van der Waals surface area contributed by atoms with Gasteiger partial charge in [0.05, 0.1) is 5.25 Å². The van der Waals surface area contributed by atoms with Crippen molar-refractivity contribution in [1.82, 2.24) is 9.62 Å². The molecule has 0 bridgehead atoms. The van der Waals surface area contributed by atoms with Crippen LogP contribution in [0.3, 0.4) is 0 Å². The van der Waals surface area contributed by atoms with E-state index in [9.17, 15) is 8.42 Å². The molecule has 1 aromatic carbocycles. The third-order valence-corrected chi connectivity index (χ3v) is 5.40. The third kappa shape index (κ3) is 4.05. The fraction of sp³-hybridized carbons (Fsp3) is 0.500. The first-order valence-corrected chi connectivity index (χ1v) is 8.01. The summed E-state index contributed by atoms with van der Waals surface area (Å²) in [5.74, 6) is 0. The predicted octanol–water partition coefficient (Wildman–Crippen LogP) is 1.82. The van der Waals surface area contributed by atoms with Crippen molar-refractivity contribution in [2.45, 2.75) is 18.7 Å². The van der Waals surface area contributed by atoms with E-state index in [2.05, 4.69) is 21.2 Å². The van der Waals surface area contributed by atoms with Gasteiger partial charge in [-0.25, -0.2) is 12.7 Å². The monoisotopic (exact) mass is 334 g/mol. The highest BCUT2D eigenvalue weighted by atomic mass is 79.9. The van der Waals surface area contributed by atoms with E-state index in [1.807, 2.05) is 24.3 Å². The highest BCUT2D eigenvalue weighted by Gasteiger charge is 2.25. The number of benzene rings is 1. The molecule has 0 fully saturated rings. The molecule has 1 rings (SSSR count). The number of nitrogens with zero attached hydrogens (tertiary/aromatic N) is 1. The normalized spacial score (nSPS) is 13.8. The average Bonchev–Trinajstić information content (AvgIpc) is 2.29. The summed E-state index contributed by atoms with van der Waals surface area (Å²) >= 11 is 3.38. The van der Waals surface area contributed by atoms with Gasteiger partial charge in [-0.3, -0.25) is 0 Å². The summed E-state index contributed by atoms with van der Waals surface area (Å²) in [6.45, 7) is 2.55. The van der Waals surface area contributed by atoms with Gasteiger partial charge in [-0.15, -0.1) is 0 Å². The molecule has 4 nitrogen and oxygen atoms in total. The summed E-state index contributed by atoms with van der Waals surface area (Å²) in [5, 5.41) is 2.46. The van der Waals surface area contributed by atoms with Gasteiger partial charge in [0.15, 0.2) is 0 Å². The molecule has 1 N–H and O–H groups in total. The standard InChI is InChI=1S/C12H19BrN2O2S/c1-10(8-14-2)18(16,17)15(3)9-11-5-4-6-12(13)7-11/h4-7,10,14H,8-9H2,1-3H3. The Labute approximate surface area is 118 Å². The second kappa shape index (κ2) is 6.65. The Kier molecular flexibility index (Phi) is 5.78. The molecular formula is C12H19BrN2O2S. The molecule has 0 saturated carbocycles. The fourth-order valence-electron chi connectivity index (χ4n) is 1.68. The van der Waals surface area contributed by atoms with Crippen LogP contribution >= 0.6 is 15.9 Å².